The summed E-state index contributed by atoms with van der Waals surface area (Å²) in [6.07, 6.45) is -0.943. The topological polar surface area (TPSA) is 113 Å². The van der Waals surface area contributed by atoms with Crippen LogP contribution in [0.25, 0.3) is 0 Å². The molecule has 1 aliphatic carbocycles. The molecule has 0 spiro atoms. The Kier molecular flexibility index (Phi) is 7.17. The molecule has 8 nitrogen and oxygen atoms in total. The number of carbonyl (C=O) groups excluding carboxylic acids is 2. The Morgan fingerprint density at radius 3 is 2.39 bits per heavy atom. The van der Waals surface area contributed by atoms with Crippen LogP contribution in [-0.2, 0) is 19.6 Å². The maximum absolute atomic E-state index is 13.2. The van der Waals surface area contributed by atoms with E-state index in [2.05, 4.69) is 5.32 Å². The van der Waals surface area contributed by atoms with Crippen molar-refractivity contribution in [2.45, 2.75) is 30.5 Å². The molecule has 1 aliphatic heterocycles. The summed E-state index contributed by atoms with van der Waals surface area (Å²) in [5.41, 5.74) is 5.27. The van der Waals surface area contributed by atoms with Gasteiger partial charge in [-0.2, -0.15) is 17.5 Å². The van der Waals surface area contributed by atoms with Crippen LogP contribution in [0.1, 0.15) is 13.3 Å². The predicted octanol–water partition coefficient (Wildman–Crippen LogP) is 1.67. The molecule has 3 N–H and O–H groups in total. The van der Waals surface area contributed by atoms with Crippen LogP contribution in [0.3, 0.4) is 0 Å². The minimum absolute atomic E-state index is 0.0311. The van der Waals surface area contributed by atoms with Gasteiger partial charge in [-0.05, 0) is 36.6 Å². The molecule has 33 heavy (non-hydrogen) atoms. The first-order valence-electron chi connectivity index (χ1n) is 10.3. The fourth-order valence-electron chi connectivity index (χ4n) is 3.70. The lowest BCUT2D eigenvalue weighted by Crippen LogP contribution is -2.61. The molecular formula is C21H25F3N4O4S. The zero-order chi connectivity index (χ0) is 24.4. The van der Waals surface area contributed by atoms with Gasteiger partial charge in [-0.15, -0.1) is 0 Å². The molecule has 3 rings (SSSR count). The Morgan fingerprint density at radius 2 is 1.85 bits per heavy atom. The molecular weight excluding hydrogens is 461 g/mol. The lowest BCUT2D eigenvalue weighted by molar-refractivity contribution is -0.134. The second kappa shape index (κ2) is 9.56. The van der Waals surface area contributed by atoms with E-state index in [-0.39, 0.29) is 49.3 Å². The van der Waals surface area contributed by atoms with Gasteiger partial charge >= 0.3 is 6.18 Å². The molecule has 2 atom stereocenters. The number of hydrogen-bond donors (Lipinski definition) is 2. The number of amides is 2. The summed E-state index contributed by atoms with van der Waals surface area (Å²) >= 11 is 0. The largest absolute Gasteiger partial charge is 0.416 e. The van der Waals surface area contributed by atoms with Gasteiger partial charge in [0.15, 0.2) is 0 Å². The van der Waals surface area contributed by atoms with Crippen LogP contribution in [-0.4, -0.2) is 67.8 Å². The molecule has 1 aromatic carbocycles. The van der Waals surface area contributed by atoms with E-state index in [9.17, 15) is 31.2 Å². The highest BCUT2D eigenvalue weighted by atomic mass is 32.2. The van der Waals surface area contributed by atoms with E-state index in [1.807, 2.05) is 0 Å². The maximum atomic E-state index is 13.2. The van der Waals surface area contributed by atoms with Gasteiger partial charge in [-0.3, -0.25) is 9.59 Å². The van der Waals surface area contributed by atoms with Crippen molar-refractivity contribution in [3.05, 3.63) is 48.1 Å². The number of sulfonamides is 1. The summed E-state index contributed by atoms with van der Waals surface area (Å²) in [5.74, 6) is -1.29. The van der Waals surface area contributed by atoms with Gasteiger partial charge in [0.2, 0.25) is 21.8 Å². The first kappa shape index (κ1) is 24.8. The van der Waals surface area contributed by atoms with Gasteiger partial charge in [0, 0.05) is 38.8 Å². The Balaban J connectivity index is 1.74. The fourth-order valence-corrected chi connectivity index (χ4v) is 5.27. The van der Waals surface area contributed by atoms with Crippen molar-refractivity contribution < 1.29 is 31.2 Å². The molecule has 0 aromatic heterocycles. The lowest BCUT2D eigenvalue weighted by Gasteiger charge is -2.39. The second-order valence-electron chi connectivity index (χ2n) is 7.92. The van der Waals surface area contributed by atoms with E-state index < -0.39 is 33.7 Å². The van der Waals surface area contributed by atoms with Gasteiger partial charge < -0.3 is 16.0 Å². The van der Waals surface area contributed by atoms with Gasteiger partial charge in [-0.1, -0.05) is 18.2 Å². The van der Waals surface area contributed by atoms with Crippen molar-refractivity contribution >= 4 is 27.5 Å². The van der Waals surface area contributed by atoms with Crippen LogP contribution in [0.5, 0.6) is 0 Å². The van der Waals surface area contributed by atoms with Crippen LogP contribution in [0.2, 0.25) is 0 Å². The summed E-state index contributed by atoms with van der Waals surface area (Å²) in [7, 11) is -4.06. The van der Waals surface area contributed by atoms with E-state index >= 15 is 0 Å². The maximum Gasteiger partial charge on any atom is 0.416 e. The van der Waals surface area contributed by atoms with Crippen molar-refractivity contribution in [2.24, 2.45) is 5.92 Å². The number of anilines is 1. The number of benzene rings is 1. The average Bonchev–Trinajstić information content (AvgIpc) is 2.77. The third-order valence-corrected chi connectivity index (χ3v) is 7.54. The number of hydrogen-bond acceptors (Lipinski definition) is 5. The highest BCUT2D eigenvalue weighted by Gasteiger charge is 2.41. The van der Waals surface area contributed by atoms with Crippen LogP contribution < -0.4 is 11.1 Å². The second-order valence-corrected chi connectivity index (χ2v) is 9.81. The van der Waals surface area contributed by atoms with Crippen molar-refractivity contribution in [1.82, 2.24) is 14.5 Å². The number of nitrogens with two attached hydrogens (primary N) is 1. The molecule has 1 saturated heterocycles. The molecule has 12 heteroatoms. The van der Waals surface area contributed by atoms with E-state index in [0.717, 1.165) is 16.5 Å². The van der Waals surface area contributed by atoms with Gasteiger partial charge in [0.05, 0.1) is 10.5 Å². The Hall–Kier alpha value is -2.86. The summed E-state index contributed by atoms with van der Waals surface area (Å²) in [6, 6.07) is 4.37. The van der Waals surface area contributed by atoms with Gasteiger partial charge in [0.1, 0.15) is 6.04 Å². The zero-order valence-electron chi connectivity index (χ0n) is 17.9. The molecule has 180 valence electrons. The van der Waals surface area contributed by atoms with Crippen LogP contribution in [0.15, 0.2) is 53.0 Å². The Bertz CT molecular complexity index is 1070. The van der Waals surface area contributed by atoms with E-state index in [1.165, 1.54) is 42.2 Å². The summed E-state index contributed by atoms with van der Waals surface area (Å²) in [4.78, 5) is 26.2. The van der Waals surface area contributed by atoms with E-state index in [1.54, 1.807) is 0 Å². The van der Waals surface area contributed by atoms with Gasteiger partial charge in [0.25, 0.3) is 0 Å². The van der Waals surface area contributed by atoms with Crippen molar-refractivity contribution in [3.63, 3.8) is 0 Å². The molecule has 0 saturated carbocycles. The Morgan fingerprint density at radius 1 is 1.18 bits per heavy atom. The molecule has 2 aliphatic rings. The normalized spacial score (nSPS) is 22.1. The summed E-state index contributed by atoms with van der Waals surface area (Å²) < 4.78 is 65.7. The number of allylic oxidation sites excluding steroid dienone is 3. The smallest absolute Gasteiger partial charge is 0.399 e. The van der Waals surface area contributed by atoms with Crippen LogP contribution >= 0.6 is 0 Å². The minimum atomic E-state index is -4.43. The quantitative estimate of drug-likeness (QED) is 0.615. The molecule has 1 heterocycles. The third-order valence-electron chi connectivity index (χ3n) is 5.62. The van der Waals surface area contributed by atoms with Crippen molar-refractivity contribution in [3.8, 4) is 0 Å². The molecule has 0 radical (unpaired) electrons. The third kappa shape index (κ3) is 5.74. The lowest BCUT2D eigenvalue weighted by atomic mass is 9.96. The molecule has 1 aromatic rings. The monoisotopic (exact) mass is 486 g/mol. The van der Waals surface area contributed by atoms with E-state index in [4.69, 9.17) is 5.73 Å². The highest BCUT2D eigenvalue weighted by Crippen LogP contribution is 2.30. The first-order chi connectivity index (χ1) is 15.4. The number of halogens is 3. The molecule has 0 bridgehead atoms. The first-order valence-corrected chi connectivity index (χ1v) is 11.7. The summed E-state index contributed by atoms with van der Waals surface area (Å²) in [5, 5.41) is 2.63. The summed E-state index contributed by atoms with van der Waals surface area (Å²) in [6.45, 7) is 1.28. The number of carbonyl (C=O) groups is 2. The van der Waals surface area contributed by atoms with Crippen LogP contribution in [0.4, 0.5) is 18.9 Å². The van der Waals surface area contributed by atoms with E-state index in [0.29, 0.717) is 5.69 Å². The molecule has 1 fully saturated rings. The highest BCUT2D eigenvalue weighted by molar-refractivity contribution is 7.89. The number of nitrogen functional groups attached to an aromatic ring is 1. The molecule has 2 unspecified atom stereocenters. The fraction of sp³-hybridized carbons (Fsp3) is 0.429. The van der Waals surface area contributed by atoms with Gasteiger partial charge in [-0.25, -0.2) is 8.42 Å². The Labute approximate surface area is 190 Å². The SMILES string of the molecule is CC(=O)N1CCN(S(=O)(=O)c2ccc(N)cc2)C(C(=O)NCC2C=CC(C(F)(F)F)=CC2)C1. The van der Waals surface area contributed by atoms with Crippen molar-refractivity contribution in [2.75, 3.05) is 31.9 Å². The van der Waals surface area contributed by atoms with Crippen molar-refractivity contribution in [1.29, 1.82) is 0 Å². The predicted molar refractivity (Wildman–Crippen MR) is 115 cm³/mol. The number of nitrogens with zero attached hydrogens (tertiary/aromatic N) is 2. The number of alkyl halides is 3. The standard InChI is InChI=1S/C21H25F3N4O4S/c1-14(29)27-10-11-28(33(31,32)18-8-6-17(25)7-9-18)19(13-27)20(30)26-12-15-2-4-16(5-3-15)21(22,23)24/h2,4-9,15,19H,3,10-13,25H2,1H3,(H,26,30). The van der Waals surface area contributed by atoms with Crippen LogP contribution in [0, 0.1) is 5.92 Å². The number of nitrogens with one attached hydrogen (secondary N) is 1. The number of rotatable bonds is 5. The zero-order valence-corrected chi connectivity index (χ0v) is 18.7. The minimum Gasteiger partial charge on any atom is -0.399 e. The number of piperazine rings is 1. The average molecular weight is 487 g/mol. The molecule has 2 amide bonds.